The monoisotopic (exact) mass is 458 g/mol. The Kier molecular flexibility index (Phi) is 7.08. The third-order valence-electron chi connectivity index (χ3n) is 6.59. The second-order valence-corrected chi connectivity index (χ2v) is 8.86. The van der Waals surface area contributed by atoms with E-state index in [9.17, 15) is 14.4 Å². The summed E-state index contributed by atoms with van der Waals surface area (Å²) in [5.41, 5.74) is 0.499. The molecule has 4 rings (SSSR count). The molecule has 0 saturated carbocycles. The van der Waals surface area contributed by atoms with Crippen LogP contribution in [0.4, 0.5) is 0 Å². The smallest absolute Gasteiger partial charge is 0.240 e. The van der Waals surface area contributed by atoms with Gasteiger partial charge in [0.25, 0.3) is 0 Å². The number of fused-ring (bicyclic) bond motifs is 1. The van der Waals surface area contributed by atoms with Gasteiger partial charge in [0, 0.05) is 33.1 Å². The summed E-state index contributed by atoms with van der Waals surface area (Å²) in [5.74, 6) is -0.822. The molecule has 34 heavy (non-hydrogen) atoms. The Labute approximate surface area is 199 Å². The fourth-order valence-electron chi connectivity index (χ4n) is 4.89. The lowest BCUT2D eigenvalue weighted by molar-refractivity contribution is -0.141. The molecular formula is C28H30N2O4. The highest BCUT2D eigenvalue weighted by molar-refractivity contribution is 6.10. The predicted octanol–water partition coefficient (Wildman–Crippen LogP) is 4.14. The van der Waals surface area contributed by atoms with Crippen molar-refractivity contribution in [3.63, 3.8) is 0 Å². The lowest BCUT2D eigenvalue weighted by atomic mass is 9.75. The van der Waals surface area contributed by atoms with E-state index in [2.05, 4.69) is 5.32 Å². The van der Waals surface area contributed by atoms with E-state index in [0.717, 1.165) is 16.3 Å². The van der Waals surface area contributed by atoms with Crippen LogP contribution in [0.15, 0.2) is 72.8 Å². The molecule has 6 heteroatoms. The number of methoxy groups -OCH3 is 1. The van der Waals surface area contributed by atoms with Crippen molar-refractivity contribution in [1.29, 1.82) is 0 Å². The van der Waals surface area contributed by atoms with E-state index in [0.29, 0.717) is 18.6 Å². The van der Waals surface area contributed by atoms with E-state index in [-0.39, 0.29) is 43.1 Å². The second-order valence-electron chi connectivity index (χ2n) is 8.86. The molecule has 1 N–H and O–H groups in total. The average molecular weight is 459 g/mol. The average Bonchev–Trinajstić information content (AvgIpc) is 3.09. The standard InChI is InChI=1S/C28H30N2O4/c1-20(23-15-8-11-21-10-6-7-14-24(21)23)29-25(31)18-28(22-12-4-3-5-13-22)19-26(32)30(27(28)33)16-9-17-34-2/h3-8,10-15,20H,9,16-19H2,1-2H3,(H,29,31)/t20-,28+/m1/s1. The summed E-state index contributed by atoms with van der Waals surface area (Å²) in [7, 11) is 1.59. The van der Waals surface area contributed by atoms with Crippen molar-refractivity contribution in [2.75, 3.05) is 20.3 Å². The topological polar surface area (TPSA) is 75.7 Å². The fraction of sp³-hybridized carbons (Fsp3) is 0.321. The van der Waals surface area contributed by atoms with Crippen LogP contribution in [-0.2, 0) is 24.5 Å². The Morgan fingerprint density at radius 1 is 1.03 bits per heavy atom. The molecule has 0 aromatic heterocycles. The van der Waals surface area contributed by atoms with Gasteiger partial charge in [0.2, 0.25) is 17.7 Å². The largest absolute Gasteiger partial charge is 0.385 e. The molecule has 1 heterocycles. The molecule has 1 aliphatic rings. The van der Waals surface area contributed by atoms with Crippen molar-refractivity contribution in [2.24, 2.45) is 0 Å². The van der Waals surface area contributed by atoms with Crippen LogP contribution < -0.4 is 5.32 Å². The van der Waals surface area contributed by atoms with Gasteiger partial charge in [-0.3, -0.25) is 19.3 Å². The lowest BCUT2D eigenvalue weighted by Crippen LogP contribution is -2.43. The van der Waals surface area contributed by atoms with Crippen LogP contribution in [0.1, 0.15) is 43.4 Å². The van der Waals surface area contributed by atoms with Crippen LogP contribution in [0.25, 0.3) is 10.8 Å². The highest BCUT2D eigenvalue weighted by Crippen LogP contribution is 2.40. The number of carbonyl (C=O) groups is 3. The highest BCUT2D eigenvalue weighted by atomic mass is 16.5. The number of hydrogen-bond acceptors (Lipinski definition) is 4. The number of nitrogens with zero attached hydrogens (tertiary/aromatic N) is 1. The van der Waals surface area contributed by atoms with Gasteiger partial charge < -0.3 is 10.1 Å². The van der Waals surface area contributed by atoms with Crippen molar-refractivity contribution in [2.45, 2.75) is 37.6 Å². The molecule has 1 fully saturated rings. The van der Waals surface area contributed by atoms with Gasteiger partial charge in [0.15, 0.2) is 0 Å². The maximum absolute atomic E-state index is 13.6. The first-order valence-electron chi connectivity index (χ1n) is 11.6. The summed E-state index contributed by atoms with van der Waals surface area (Å²) in [6.45, 7) is 2.68. The van der Waals surface area contributed by atoms with E-state index >= 15 is 0 Å². The number of rotatable bonds is 9. The first-order valence-corrected chi connectivity index (χ1v) is 11.6. The number of nitrogens with one attached hydrogen (secondary N) is 1. The van der Waals surface area contributed by atoms with Gasteiger partial charge in [-0.1, -0.05) is 72.8 Å². The minimum atomic E-state index is -1.20. The molecule has 1 aliphatic heterocycles. The van der Waals surface area contributed by atoms with Gasteiger partial charge in [-0.25, -0.2) is 0 Å². The maximum atomic E-state index is 13.6. The van der Waals surface area contributed by atoms with Crippen LogP contribution >= 0.6 is 0 Å². The maximum Gasteiger partial charge on any atom is 0.240 e. The number of carbonyl (C=O) groups excluding carboxylic acids is 3. The summed E-state index contributed by atoms with van der Waals surface area (Å²) in [6.07, 6.45) is 0.458. The van der Waals surface area contributed by atoms with Crippen LogP contribution in [0, 0.1) is 0 Å². The van der Waals surface area contributed by atoms with Gasteiger partial charge >= 0.3 is 0 Å². The van der Waals surface area contributed by atoms with Crippen LogP contribution in [-0.4, -0.2) is 42.9 Å². The van der Waals surface area contributed by atoms with E-state index in [4.69, 9.17) is 4.74 Å². The number of likely N-dealkylation sites (tertiary alicyclic amines) is 1. The number of benzene rings is 3. The Hall–Kier alpha value is -3.51. The van der Waals surface area contributed by atoms with E-state index < -0.39 is 5.41 Å². The third kappa shape index (κ3) is 4.59. The van der Waals surface area contributed by atoms with E-state index in [1.807, 2.05) is 79.7 Å². The van der Waals surface area contributed by atoms with E-state index in [1.54, 1.807) is 7.11 Å². The molecule has 176 valence electrons. The number of amides is 3. The minimum absolute atomic E-state index is 0.0150. The first-order chi connectivity index (χ1) is 16.5. The van der Waals surface area contributed by atoms with Gasteiger partial charge in [0.1, 0.15) is 0 Å². The van der Waals surface area contributed by atoms with Gasteiger partial charge in [0.05, 0.1) is 11.5 Å². The Bertz CT molecular complexity index is 1190. The summed E-state index contributed by atoms with van der Waals surface area (Å²) in [5, 5.41) is 5.25. The Morgan fingerprint density at radius 2 is 1.74 bits per heavy atom. The number of imide groups is 1. The molecule has 3 aromatic rings. The molecule has 0 spiro atoms. The first kappa shape index (κ1) is 23.6. The van der Waals surface area contributed by atoms with Crippen LogP contribution in [0.5, 0.6) is 0 Å². The van der Waals surface area contributed by atoms with E-state index in [1.165, 1.54) is 4.90 Å². The lowest BCUT2D eigenvalue weighted by Gasteiger charge is -2.28. The summed E-state index contributed by atoms with van der Waals surface area (Å²) in [6, 6.07) is 23.0. The molecule has 1 saturated heterocycles. The Balaban J connectivity index is 1.58. The SMILES string of the molecule is COCCCN1C(=O)C[C@@](CC(=O)N[C@H](C)c2cccc3ccccc23)(c2ccccc2)C1=O. The quantitative estimate of drug-likeness (QED) is 0.386. The zero-order valence-electron chi connectivity index (χ0n) is 19.6. The minimum Gasteiger partial charge on any atom is -0.385 e. The molecule has 2 atom stereocenters. The highest BCUT2D eigenvalue weighted by Gasteiger charge is 2.53. The molecule has 0 radical (unpaired) electrons. The van der Waals surface area contributed by atoms with Crippen LogP contribution in [0.3, 0.4) is 0 Å². The summed E-state index contributed by atoms with van der Waals surface area (Å²) < 4.78 is 5.08. The van der Waals surface area contributed by atoms with Crippen LogP contribution in [0.2, 0.25) is 0 Å². The molecule has 6 nitrogen and oxygen atoms in total. The number of ether oxygens (including phenoxy) is 1. The molecule has 3 amide bonds. The molecule has 0 bridgehead atoms. The second kappa shape index (κ2) is 10.2. The Morgan fingerprint density at radius 3 is 2.50 bits per heavy atom. The molecule has 3 aromatic carbocycles. The van der Waals surface area contributed by atoms with Crippen molar-refractivity contribution in [3.05, 3.63) is 83.9 Å². The predicted molar refractivity (Wildman–Crippen MR) is 131 cm³/mol. The molecular weight excluding hydrogens is 428 g/mol. The zero-order valence-corrected chi connectivity index (χ0v) is 19.6. The normalized spacial score (nSPS) is 18.9. The van der Waals surface area contributed by atoms with Crippen molar-refractivity contribution in [3.8, 4) is 0 Å². The molecule has 0 aliphatic carbocycles. The zero-order chi connectivity index (χ0) is 24.1. The van der Waals surface area contributed by atoms with Crippen molar-refractivity contribution >= 4 is 28.5 Å². The van der Waals surface area contributed by atoms with Gasteiger partial charge in [-0.2, -0.15) is 0 Å². The fourth-order valence-corrected chi connectivity index (χ4v) is 4.89. The summed E-state index contributed by atoms with van der Waals surface area (Å²) >= 11 is 0. The van der Waals surface area contributed by atoms with Gasteiger partial charge in [-0.15, -0.1) is 0 Å². The van der Waals surface area contributed by atoms with Gasteiger partial charge in [-0.05, 0) is 35.2 Å². The van der Waals surface area contributed by atoms with Crippen molar-refractivity contribution in [1.82, 2.24) is 10.2 Å². The summed E-state index contributed by atoms with van der Waals surface area (Å²) in [4.78, 5) is 41.0. The number of hydrogen-bond donors (Lipinski definition) is 1. The molecule has 0 unspecified atom stereocenters. The third-order valence-corrected chi connectivity index (χ3v) is 6.59. The van der Waals surface area contributed by atoms with Crippen molar-refractivity contribution < 1.29 is 19.1 Å².